The summed E-state index contributed by atoms with van der Waals surface area (Å²) in [5.74, 6) is -0.525. The fourth-order valence-corrected chi connectivity index (χ4v) is 4.74. The van der Waals surface area contributed by atoms with Crippen LogP contribution in [-0.2, 0) is 10.0 Å². The highest BCUT2D eigenvalue weighted by molar-refractivity contribution is 7.94. The lowest BCUT2D eigenvalue weighted by atomic mass is 10.2. The monoisotopic (exact) mass is 473 g/mol. The molecule has 0 unspecified atom stereocenters. The van der Waals surface area contributed by atoms with E-state index in [4.69, 9.17) is 4.74 Å². The summed E-state index contributed by atoms with van der Waals surface area (Å²) in [6, 6.07) is 15.8. The van der Waals surface area contributed by atoms with Crippen LogP contribution in [0.5, 0.6) is 5.75 Å². The molecule has 0 fully saturated rings. The van der Waals surface area contributed by atoms with E-state index in [0.717, 1.165) is 24.2 Å². The van der Waals surface area contributed by atoms with Gasteiger partial charge in [-0.1, -0.05) is 31.5 Å². The van der Waals surface area contributed by atoms with Gasteiger partial charge in [0.1, 0.15) is 9.96 Å². The zero-order valence-corrected chi connectivity index (χ0v) is 19.0. The molecule has 3 rings (SSSR count). The number of hydrogen-bond donors (Lipinski definition) is 3. The molecule has 0 aliphatic heterocycles. The number of carbonyl (C=O) groups is 2. The van der Waals surface area contributed by atoms with Crippen LogP contribution in [0, 0.1) is 0 Å². The SMILES string of the molecule is CCCCOc1ccc(C(=O)NNC(=O)c2ccccc2NS(=O)(=O)c2cccs2)cc1. The second kappa shape index (κ2) is 10.8. The molecule has 1 heterocycles. The minimum Gasteiger partial charge on any atom is -0.494 e. The largest absolute Gasteiger partial charge is 0.494 e. The maximum absolute atomic E-state index is 12.6. The van der Waals surface area contributed by atoms with Crippen molar-refractivity contribution in [1.82, 2.24) is 10.9 Å². The number of thiophene rings is 1. The Morgan fingerprint density at radius 3 is 2.34 bits per heavy atom. The van der Waals surface area contributed by atoms with Gasteiger partial charge in [-0.25, -0.2) is 8.42 Å². The van der Waals surface area contributed by atoms with Gasteiger partial charge in [0, 0.05) is 5.56 Å². The third-order valence-electron chi connectivity index (χ3n) is 4.35. The molecule has 0 bridgehead atoms. The van der Waals surface area contributed by atoms with E-state index in [1.807, 2.05) is 0 Å². The number of amides is 2. The number of carbonyl (C=O) groups excluding carboxylic acids is 2. The molecule has 3 N–H and O–H groups in total. The Labute approximate surface area is 190 Å². The molecule has 0 radical (unpaired) electrons. The Balaban J connectivity index is 1.62. The van der Waals surface area contributed by atoms with Crippen molar-refractivity contribution in [1.29, 1.82) is 0 Å². The van der Waals surface area contributed by atoms with Crippen molar-refractivity contribution in [3.8, 4) is 5.75 Å². The van der Waals surface area contributed by atoms with E-state index in [-0.39, 0.29) is 15.5 Å². The number of hydrogen-bond acceptors (Lipinski definition) is 6. The van der Waals surface area contributed by atoms with E-state index >= 15 is 0 Å². The number of sulfonamides is 1. The molecule has 8 nitrogen and oxygen atoms in total. The number of nitrogens with one attached hydrogen (secondary N) is 3. The molecule has 10 heteroatoms. The lowest BCUT2D eigenvalue weighted by molar-refractivity contribution is 0.0847. The minimum absolute atomic E-state index is 0.0626. The fourth-order valence-electron chi connectivity index (χ4n) is 2.67. The van der Waals surface area contributed by atoms with Crippen molar-refractivity contribution in [2.45, 2.75) is 24.0 Å². The number of unbranched alkanes of at least 4 members (excludes halogenated alkanes) is 1. The number of ether oxygens (including phenoxy) is 1. The Kier molecular flexibility index (Phi) is 7.85. The second-order valence-electron chi connectivity index (χ2n) is 6.72. The van der Waals surface area contributed by atoms with E-state index < -0.39 is 21.8 Å². The van der Waals surface area contributed by atoms with E-state index in [2.05, 4.69) is 22.5 Å². The van der Waals surface area contributed by atoms with Crippen LogP contribution in [0.15, 0.2) is 70.3 Å². The lowest BCUT2D eigenvalue weighted by Gasteiger charge is -2.13. The summed E-state index contributed by atoms with van der Waals surface area (Å²) in [4.78, 5) is 24.9. The van der Waals surface area contributed by atoms with Crippen LogP contribution < -0.4 is 20.3 Å². The number of rotatable bonds is 9. The van der Waals surface area contributed by atoms with E-state index in [9.17, 15) is 18.0 Å². The van der Waals surface area contributed by atoms with Gasteiger partial charge in [-0.05, 0) is 54.3 Å². The van der Waals surface area contributed by atoms with Crippen LogP contribution in [0.2, 0.25) is 0 Å². The van der Waals surface area contributed by atoms with Crippen LogP contribution in [-0.4, -0.2) is 26.8 Å². The molecule has 0 saturated carbocycles. The first-order chi connectivity index (χ1) is 15.4. The second-order valence-corrected chi connectivity index (χ2v) is 9.57. The van der Waals surface area contributed by atoms with Crippen molar-refractivity contribution in [2.24, 2.45) is 0 Å². The Morgan fingerprint density at radius 2 is 1.66 bits per heavy atom. The number of anilines is 1. The van der Waals surface area contributed by atoms with E-state index in [0.29, 0.717) is 17.9 Å². The van der Waals surface area contributed by atoms with Crippen molar-refractivity contribution in [3.63, 3.8) is 0 Å². The third kappa shape index (κ3) is 6.08. The molecule has 2 aromatic carbocycles. The Hall–Kier alpha value is -3.37. The molecule has 0 atom stereocenters. The summed E-state index contributed by atoms with van der Waals surface area (Å²) in [6.07, 6.45) is 1.97. The van der Waals surface area contributed by atoms with Gasteiger partial charge in [-0.15, -0.1) is 11.3 Å². The van der Waals surface area contributed by atoms with Crippen LogP contribution in [0.3, 0.4) is 0 Å². The van der Waals surface area contributed by atoms with Gasteiger partial charge in [0.05, 0.1) is 17.9 Å². The molecule has 168 valence electrons. The first-order valence-corrected chi connectivity index (χ1v) is 12.3. The van der Waals surface area contributed by atoms with Crippen LogP contribution in [0.1, 0.15) is 40.5 Å². The average Bonchev–Trinajstić information content (AvgIpc) is 3.34. The van der Waals surface area contributed by atoms with Gasteiger partial charge < -0.3 is 4.74 Å². The summed E-state index contributed by atoms with van der Waals surface area (Å²) in [5, 5.41) is 1.65. The van der Waals surface area contributed by atoms with Gasteiger partial charge in [0.15, 0.2) is 0 Å². The highest BCUT2D eigenvalue weighted by atomic mass is 32.2. The highest BCUT2D eigenvalue weighted by Crippen LogP contribution is 2.22. The summed E-state index contributed by atoms with van der Waals surface area (Å²) in [5.41, 5.74) is 5.14. The minimum atomic E-state index is -3.82. The normalized spacial score (nSPS) is 10.9. The predicted octanol–water partition coefficient (Wildman–Crippen LogP) is 3.80. The van der Waals surface area contributed by atoms with Gasteiger partial charge >= 0.3 is 0 Å². The Morgan fingerprint density at radius 1 is 0.938 bits per heavy atom. The van der Waals surface area contributed by atoms with Gasteiger partial charge in [-0.2, -0.15) is 0 Å². The molecule has 0 aliphatic rings. The fraction of sp³-hybridized carbons (Fsp3) is 0.182. The first kappa shape index (κ1) is 23.3. The van der Waals surface area contributed by atoms with Gasteiger partial charge in [-0.3, -0.25) is 25.2 Å². The average molecular weight is 474 g/mol. The third-order valence-corrected chi connectivity index (χ3v) is 7.11. The zero-order valence-electron chi connectivity index (χ0n) is 17.3. The van der Waals surface area contributed by atoms with Crippen LogP contribution in [0.25, 0.3) is 0 Å². The smallest absolute Gasteiger partial charge is 0.271 e. The molecule has 0 aliphatic carbocycles. The molecule has 2 amide bonds. The standard InChI is InChI=1S/C22H23N3O5S2/c1-2-3-14-30-17-12-10-16(11-13-17)21(26)23-24-22(27)18-7-4-5-8-19(18)25-32(28,29)20-9-6-15-31-20/h4-13,15,25H,2-3,14H2,1H3,(H,23,26)(H,24,27). The Bertz CT molecular complexity index is 1160. The van der Waals surface area contributed by atoms with E-state index in [1.54, 1.807) is 47.8 Å². The molecule has 3 aromatic rings. The van der Waals surface area contributed by atoms with Crippen LogP contribution >= 0.6 is 11.3 Å². The zero-order chi connectivity index (χ0) is 23.0. The van der Waals surface area contributed by atoms with Crippen molar-refractivity contribution in [2.75, 3.05) is 11.3 Å². The highest BCUT2D eigenvalue weighted by Gasteiger charge is 2.19. The maximum Gasteiger partial charge on any atom is 0.271 e. The number of para-hydroxylation sites is 1. The van der Waals surface area contributed by atoms with Crippen molar-refractivity contribution < 1.29 is 22.7 Å². The quantitative estimate of drug-likeness (QED) is 0.323. The molecule has 0 spiro atoms. The summed E-state index contributed by atoms with van der Waals surface area (Å²) in [7, 11) is -3.82. The molecule has 1 aromatic heterocycles. The summed E-state index contributed by atoms with van der Waals surface area (Å²) >= 11 is 1.06. The van der Waals surface area contributed by atoms with Crippen molar-refractivity contribution in [3.05, 3.63) is 77.2 Å². The molecule has 0 saturated heterocycles. The lowest BCUT2D eigenvalue weighted by Crippen LogP contribution is -2.41. The molecular weight excluding hydrogens is 450 g/mol. The molecular formula is C22H23N3O5S2. The van der Waals surface area contributed by atoms with Gasteiger partial charge in [0.25, 0.3) is 21.8 Å². The van der Waals surface area contributed by atoms with Gasteiger partial charge in [0.2, 0.25) is 0 Å². The molecule has 32 heavy (non-hydrogen) atoms. The topological polar surface area (TPSA) is 114 Å². The number of benzene rings is 2. The van der Waals surface area contributed by atoms with E-state index in [1.165, 1.54) is 18.2 Å². The predicted molar refractivity (Wildman–Crippen MR) is 123 cm³/mol. The first-order valence-electron chi connectivity index (χ1n) is 9.89. The van der Waals surface area contributed by atoms with Crippen molar-refractivity contribution >= 4 is 38.9 Å². The van der Waals surface area contributed by atoms with Crippen LogP contribution in [0.4, 0.5) is 5.69 Å². The summed E-state index contributed by atoms with van der Waals surface area (Å²) in [6.45, 7) is 2.68. The summed E-state index contributed by atoms with van der Waals surface area (Å²) < 4.78 is 33.1. The number of hydrazine groups is 1. The maximum atomic E-state index is 12.6.